The molecular weight excluding hydrogens is 284 g/mol. The number of hydrogen-bond acceptors (Lipinski definition) is 3. The van der Waals surface area contributed by atoms with Gasteiger partial charge in [-0.1, -0.05) is 25.4 Å². The van der Waals surface area contributed by atoms with Crippen LogP contribution in [0.25, 0.3) is 0 Å². The SMILES string of the molecule is Cc1cc(S(=O)(=O)NCC2CC2(C)C)cc(N)c1Cl. The monoisotopic (exact) mass is 302 g/mol. The maximum Gasteiger partial charge on any atom is 0.240 e. The van der Waals surface area contributed by atoms with Gasteiger partial charge in [-0.2, -0.15) is 0 Å². The molecule has 4 nitrogen and oxygen atoms in total. The number of halogens is 1. The van der Waals surface area contributed by atoms with E-state index in [0.717, 1.165) is 6.42 Å². The van der Waals surface area contributed by atoms with E-state index in [0.29, 0.717) is 23.0 Å². The standard InChI is InChI=1S/C13H19ClN2O2S/c1-8-4-10(5-11(15)12(8)14)19(17,18)16-7-9-6-13(9,2)3/h4-5,9,16H,6-7,15H2,1-3H3. The summed E-state index contributed by atoms with van der Waals surface area (Å²) in [5, 5.41) is 0.405. The third-order valence-electron chi connectivity index (χ3n) is 3.80. The smallest absolute Gasteiger partial charge is 0.240 e. The molecule has 0 aromatic heterocycles. The fourth-order valence-corrected chi connectivity index (χ4v) is 3.45. The van der Waals surface area contributed by atoms with Crippen molar-refractivity contribution >= 4 is 27.3 Å². The van der Waals surface area contributed by atoms with Crippen molar-refractivity contribution < 1.29 is 8.42 Å². The number of rotatable bonds is 4. The molecule has 19 heavy (non-hydrogen) atoms. The van der Waals surface area contributed by atoms with Crippen LogP contribution in [-0.2, 0) is 10.0 Å². The summed E-state index contributed by atoms with van der Waals surface area (Å²) < 4.78 is 27.0. The first-order valence-electron chi connectivity index (χ1n) is 6.19. The summed E-state index contributed by atoms with van der Waals surface area (Å²) in [5.41, 5.74) is 6.90. The molecule has 0 spiro atoms. The van der Waals surface area contributed by atoms with Gasteiger partial charge in [0.2, 0.25) is 10.0 Å². The zero-order valence-electron chi connectivity index (χ0n) is 11.3. The van der Waals surface area contributed by atoms with Crippen molar-refractivity contribution in [2.75, 3.05) is 12.3 Å². The second-order valence-corrected chi connectivity index (χ2v) is 8.03. The Morgan fingerprint density at radius 3 is 2.53 bits per heavy atom. The van der Waals surface area contributed by atoms with Crippen LogP contribution in [0.1, 0.15) is 25.8 Å². The molecule has 1 saturated carbocycles. The lowest BCUT2D eigenvalue weighted by atomic mass is 10.1. The van der Waals surface area contributed by atoms with Gasteiger partial charge in [0.05, 0.1) is 15.6 Å². The van der Waals surface area contributed by atoms with Crippen molar-refractivity contribution in [2.45, 2.75) is 32.1 Å². The molecule has 3 N–H and O–H groups in total. The van der Waals surface area contributed by atoms with Crippen LogP contribution in [0.3, 0.4) is 0 Å². The minimum absolute atomic E-state index is 0.172. The highest BCUT2D eigenvalue weighted by Gasteiger charge is 2.45. The number of nitrogens with two attached hydrogens (primary N) is 1. The van der Waals surface area contributed by atoms with Crippen molar-refractivity contribution in [3.63, 3.8) is 0 Å². The van der Waals surface area contributed by atoms with Crippen LogP contribution in [0.15, 0.2) is 17.0 Å². The molecule has 1 fully saturated rings. The van der Waals surface area contributed by atoms with E-state index in [2.05, 4.69) is 18.6 Å². The number of anilines is 1. The highest BCUT2D eigenvalue weighted by atomic mass is 35.5. The average Bonchev–Trinajstić information content (AvgIpc) is 2.91. The van der Waals surface area contributed by atoms with Gasteiger partial charge in [0.1, 0.15) is 0 Å². The molecule has 0 amide bonds. The molecular formula is C13H19ClN2O2S. The summed E-state index contributed by atoms with van der Waals surface area (Å²) in [6.45, 7) is 6.48. The summed E-state index contributed by atoms with van der Waals surface area (Å²) in [6.07, 6.45) is 1.05. The van der Waals surface area contributed by atoms with E-state index < -0.39 is 10.0 Å². The molecule has 6 heteroatoms. The molecule has 1 aliphatic rings. The highest BCUT2D eigenvalue weighted by Crippen LogP contribution is 2.51. The predicted octanol–water partition coefficient (Wildman–Crippen LogP) is 2.56. The van der Waals surface area contributed by atoms with Crippen LogP contribution in [0.5, 0.6) is 0 Å². The number of hydrogen-bond donors (Lipinski definition) is 2. The van der Waals surface area contributed by atoms with Crippen LogP contribution in [0, 0.1) is 18.3 Å². The van der Waals surface area contributed by atoms with Crippen molar-refractivity contribution in [2.24, 2.45) is 11.3 Å². The Hall–Kier alpha value is -0.780. The van der Waals surface area contributed by atoms with Gasteiger partial charge in [-0.25, -0.2) is 13.1 Å². The highest BCUT2D eigenvalue weighted by molar-refractivity contribution is 7.89. The summed E-state index contributed by atoms with van der Waals surface area (Å²) in [6, 6.07) is 2.94. The van der Waals surface area contributed by atoms with E-state index in [4.69, 9.17) is 17.3 Å². The number of benzene rings is 1. The van der Waals surface area contributed by atoms with Crippen molar-refractivity contribution in [1.82, 2.24) is 4.72 Å². The molecule has 1 atom stereocenters. The fraction of sp³-hybridized carbons (Fsp3) is 0.538. The van der Waals surface area contributed by atoms with E-state index >= 15 is 0 Å². The molecule has 0 aliphatic heterocycles. The van der Waals surface area contributed by atoms with Gasteiger partial charge in [-0.05, 0) is 42.4 Å². The Morgan fingerprint density at radius 1 is 1.47 bits per heavy atom. The van der Waals surface area contributed by atoms with Gasteiger partial charge in [0.15, 0.2) is 0 Å². The maximum absolute atomic E-state index is 12.2. The van der Waals surface area contributed by atoms with Crippen LogP contribution in [0.4, 0.5) is 5.69 Å². The molecule has 1 aromatic carbocycles. The topological polar surface area (TPSA) is 72.2 Å². The van der Waals surface area contributed by atoms with Gasteiger partial charge in [-0.15, -0.1) is 0 Å². The molecule has 0 bridgehead atoms. The Kier molecular flexibility index (Phi) is 3.58. The molecule has 1 aliphatic carbocycles. The lowest BCUT2D eigenvalue weighted by molar-refractivity contribution is 0.537. The van der Waals surface area contributed by atoms with Crippen LogP contribution < -0.4 is 10.5 Å². The number of nitrogens with one attached hydrogen (secondary N) is 1. The van der Waals surface area contributed by atoms with Crippen molar-refractivity contribution in [1.29, 1.82) is 0 Å². The second kappa shape index (κ2) is 4.65. The van der Waals surface area contributed by atoms with E-state index in [-0.39, 0.29) is 16.0 Å². The first kappa shape index (κ1) is 14.6. The number of aryl methyl sites for hydroxylation is 1. The van der Waals surface area contributed by atoms with Gasteiger partial charge >= 0.3 is 0 Å². The maximum atomic E-state index is 12.2. The molecule has 1 aromatic rings. The molecule has 0 saturated heterocycles. The van der Waals surface area contributed by atoms with Crippen LogP contribution in [-0.4, -0.2) is 15.0 Å². The lowest BCUT2D eigenvalue weighted by Gasteiger charge is -2.10. The fourth-order valence-electron chi connectivity index (χ4n) is 2.14. The molecule has 2 rings (SSSR count). The predicted molar refractivity (Wildman–Crippen MR) is 77.7 cm³/mol. The quantitative estimate of drug-likeness (QED) is 0.840. The Labute approximate surface area is 119 Å². The number of nitrogen functional groups attached to an aromatic ring is 1. The lowest BCUT2D eigenvalue weighted by Crippen LogP contribution is -2.27. The van der Waals surface area contributed by atoms with Gasteiger partial charge in [-0.3, -0.25) is 0 Å². The summed E-state index contributed by atoms with van der Waals surface area (Å²) in [5.74, 6) is 0.410. The van der Waals surface area contributed by atoms with E-state index in [9.17, 15) is 8.42 Å². The molecule has 0 radical (unpaired) electrons. The number of sulfonamides is 1. The van der Waals surface area contributed by atoms with E-state index in [1.165, 1.54) is 6.07 Å². The van der Waals surface area contributed by atoms with Crippen LogP contribution >= 0.6 is 11.6 Å². The van der Waals surface area contributed by atoms with E-state index in [1.54, 1.807) is 13.0 Å². The zero-order valence-corrected chi connectivity index (χ0v) is 12.9. The minimum atomic E-state index is -3.52. The van der Waals surface area contributed by atoms with Gasteiger partial charge in [0.25, 0.3) is 0 Å². The van der Waals surface area contributed by atoms with Crippen LogP contribution in [0.2, 0.25) is 5.02 Å². The zero-order chi connectivity index (χ0) is 14.4. The second-order valence-electron chi connectivity index (χ2n) is 5.88. The average molecular weight is 303 g/mol. The van der Waals surface area contributed by atoms with Gasteiger partial charge in [0, 0.05) is 6.54 Å². The Balaban J connectivity index is 2.16. The third kappa shape index (κ3) is 3.04. The van der Waals surface area contributed by atoms with Crippen molar-refractivity contribution in [3.05, 3.63) is 22.7 Å². The normalized spacial score (nSPS) is 21.4. The summed E-state index contributed by atoms with van der Waals surface area (Å²) in [7, 11) is -3.52. The Morgan fingerprint density at radius 2 is 2.05 bits per heavy atom. The minimum Gasteiger partial charge on any atom is -0.397 e. The molecule has 106 valence electrons. The third-order valence-corrected chi connectivity index (χ3v) is 5.72. The first-order valence-corrected chi connectivity index (χ1v) is 8.05. The van der Waals surface area contributed by atoms with Crippen molar-refractivity contribution in [3.8, 4) is 0 Å². The molecule has 1 unspecified atom stereocenters. The summed E-state index contributed by atoms with van der Waals surface area (Å²) >= 11 is 5.93. The Bertz CT molecular complexity index is 588. The molecule has 0 heterocycles. The largest absolute Gasteiger partial charge is 0.397 e. The summed E-state index contributed by atoms with van der Waals surface area (Å²) in [4.78, 5) is 0.172. The van der Waals surface area contributed by atoms with E-state index in [1.807, 2.05) is 0 Å². The first-order chi connectivity index (χ1) is 8.63. The van der Waals surface area contributed by atoms with Gasteiger partial charge < -0.3 is 5.73 Å².